The molecule has 1 N–H and O–H groups in total. The van der Waals surface area contributed by atoms with Gasteiger partial charge in [-0.1, -0.05) is 0 Å². The molecule has 1 atom stereocenters. The summed E-state index contributed by atoms with van der Waals surface area (Å²) < 4.78 is 13.6. The Morgan fingerprint density at radius 2 is 2.21 bits per heavy atom. The van der Waals surface area contributed by atoms with E-state index in [4.69, 9.17) is 0 Å². The molecule has 0 bridgehead atoms. The van der Waals surface area contributed by atoms with E-state index in [0.29, 0.717) is 11.0 Å². The molecular formula is C15H19FN2O. The minimum atomic E-state index is -0.326. The highest BCUT2D eigenvalue weighted by atomic mass is 19.1. The van der Waals surface area contributed by atoms with Gasteiger partial charge in [-0.2, -0.15) is 0 Å². The molecule has 0 aromatic heterocycles. The highest BCUT2D eigenvalue weighted by molar-refractivity contribution is 5.95. The molecule has 2 fully saturated rings. The van der Waals surface area contributed by atoms with Crippen molar-refractivity contribution < 1.29 is 9.18 Å². The van der Waals surface area contributed by atoms with Crippen LogP contribution in [0.3, 0.4) is 0 Å². The Morgan fingerprint density at radius 3 is 2.89 bits per heavy atom. The molecule has 2 aliphatic heterocycles. The molecule has 0 amide bonds. The Kier molecular flexibility index (Phi) is 3.05. The summed E-state index contributed by atoms with van der Waals surface area (Å²) in [6.07, 6.45) is 2.34. The third-order valence-corrected chi connectivity index (χ3v) is 4.42. The number of anilines is 1. The number of ketones is 1. The summed E-state index contributed by atoms with van der Waals surface area (Å²) in [5.41, 5.74) is 1.65. The fraction of sp³-hybridized carbons (Fsp3) is 0.533. The standard InChI is InChI=1S/C15H19FN2O/c1-11(19)12-6-13(16)8-14(7-12)18-5-3-15(10-18)2-4-17-9-15/h6-8,17H,2-5,9-10H2,1H3. The molecule has 19 heavy (non-hydrogen) atoms. The van der Waals surface area contributed by atoms with Gasteiger partial charge in [0.05, 0.1) is 0 Å². The summed E-state index contributed by atoms with van der Waals surface area (Å²) in [6, 6.07) is 4.66. The van der Waals surface area contributed by atoms with E-state index in [-0.39, 0.29) is 11.6 Å². The van der Waals surface area contributed by atoms with Gasteiger partial charge in [0.25, 0.3) is 0 Å². The first-order valence-electron chi connectivity index (χ1n) is 6.85. The number of Topliss-reactive ketones (excluding diaryl/α,β-unsaturated/α-hetero) is 1. The number of carbonyl (C=O) groups is 1. The summed E-state index contributed by atoms with van der Waals surface area (Å²) in [7, 11) is 0. The lowest BCUT2D eigenvalue weighted by Crippen LogP contribution is -2.29. The number of carbonyl (C=O) groups excluding carboxylic acids is 1. The van der Waals surface area contributed by atoms with E-state index in [0.717, 1.165) is 38.3 Å². The van der Waals surface area contributed by atoms with E-state index in [1.54, 1.807) is 0 Å². The molecule has 2 saturated heterocycles. The molecule has 102 valence electrons. The van der Waals surface area contributed by atoms with Crippen LogP contribution in [-0.2, 0) is 0 Å². The lowest BCUT2D eigenvalue weighted by molar-refractivity contribution is 0.101. The van der Waals surface area contributed by atoms with E-state index in [1.165, 1.54) is 25.5 Å². The molecule has 0 radical (unpaired) electrons. The van der Waals surface area contributed by atoms with Crippen molar-refractivity contribution in [1.29, 1.82) is 0 Å². The van der Waals surface area contributed by atoms with Crippen LogP contribution in [0.25, 0.3) is 0 Å². The molecule has 1 spiro atoms. The third-order valence-electron chi connectivity index (χ3n) is 4.42. The quantitative estimate of drug-likeness (QED) is 0.829. The van der Waals surface area contributed by atoms with Crippen molar-refractivity contribution in [3.8, 4) is 0 Å². The second-order valence-electron chi connectivity index (χ2n) is 5.85. The number of hydrogen-bond acceptors (Lipinski definition) is 3. The number of nitrogens with zero attached hydrogens (tertiary/aromatic N) is 1. The van der Waals surface area contributed by atoms with Gasteiger partial charge in [-0.25, -0.2) is 4.39 Å². The van der Waals surface area contributed by atoms with Gasteiger partial charge in [0.2, 0.25) is 0 Å². The maximum atomic E-state index is 13.6. The molecule has 2 aliphatic rings. The summed E-state index contributed by atoms with van der Waals surface area (Å²) in [6.45, 7) is 5.52. The lowest BCUT2D eigenvalue weighted by atomic mass is 9.86. The summed E-state index contributed by atoms with van der Waals surface area (Å²) in [5.74, 6) is -0.412. The van der Waals surface area contributed by atoms with E-state index in [1.807, 2.05) is 6.07 Å². The van der Waals surface area contributed by atoms with Crippen molar-refractivity contribution in [3.63, 3.8) is 0 Å². The van der Waals surface area contributed by atoms with Crippen LogP contribution in [0.4, 0.5) is 10.1 Å². The molecule has 0 saturated carbocycles. The Balaban J connectivity index is 1.85. The Hall–Kier alpha value is -1.42. The highest BCUT2D eigenvalue weighted by Crippen LogP contribution is 2.38. The van der Waals surface area contributed by atoms with E-state index < -0.39 is 0 Å². The number of halogens is 1. The second kappa shape index (κ2) is 4.60. The van der Waals surface area contributed by atoms with Crippen LogP contribution in [0.15, 0.2) is 18.2 Å². The first kappa shape index (κ1) is 12.6. The third kappa shape index (κ3) is 2.37. The zero-order chi connectivity index (χ0) is 13.5. The minimum absolute atomic E-state index is 0.0859. The summed E-state index contributed by atoms with van der Waals surface area (Å²) in [4.78, 5) is 13.6. The van der Waals surface area contributed by atoms with Crippen LogP contribution in [0.5, 0.6) is 0 Å². The van der Waals surface area contributed by atoms with Crippen LogP contribution in [0.2, 0.25) is 0 Å². The van der Waals surface area contributed by atoms with E-state index in [9.17, 15) is 9.18 Å². The average molecular weight is 262 g/mol. The van der Waals surface area contributed by atoms with Crippen molar-refractivity contribution in [1.82, 2.24) is 5.32 Å². The number of nitrogens with one attached hydrogen (secondary N) is 1. The smallest absolute Gasteiger partial charge is 0.159 e. The monoisotopic (exact) mass is 262 g/mol. The van der Waals surface area contributed by atoms with Gasteiger partial charge in [-0.05, 0) is 44.5 Å². The molecule has 3 rings (SSSR count). The molecule has 1 unspecified atom stereocenters. The largest absolute Gasteiger partial charge is 0.371 e. The first-order chi connectivity index (χ1) is 9.08. The normalized spacial score (nSPS) is 26.3. The van der Waals surface area contributed by atoms with Crippen molar-refractivity contribution >= 4 is 11.5 Å². The van der Waals surface area contributed by atoms with Gasteiger partial charge >= 0.3 is 0 Å². The molecule has 4 heteroatoms. The minimum Gasteiger partial charge on any atom is -0.371 e. The van der Waals surface area contributed by atoms with E-state index >= 15 is 0 Å². The fourth-order valence-corrected chi connectivity index (χ4v) is 3.26. The van der Waals surface area contributed by atoms with Crippen molar-refractivity contribution in [2.45, 2.75) is 19.8 Å². The van der Waals surface area contributed by atoms with Gasteiger partial charge < -0.3 is 10.2 Å². The van der Waals surface area contributed by atoms with Gasteiger partial charge in [-0.3, -0.25) is 4.79 Å². The number of rotatable bonds is 2. The highest BCUT2D eigenvalue weighted by Gasteiger charge is 2.40. The van der Waals surface area contributed by atoms with Crippen LogP contribution >= 0.6 is 0 Å². The van der Waals surface area contributed by atoms with Gasteiger partial charge in [0.1, 0.15) is 5.82 Å². The molecule has 1 aromatic rings. The maximum Gasteiger partial charge on any atom is 0.159 e. The zero-order valence-corrected chi connectivity index (χ0v) is 11.2. The SMILES string of the molecule is CC(=O)c1cc(F)cc(N2CCC3(CCNC3)C2)c1. The fourth-order valence-electron chi connectivity index (χ4n) is 3.26. The summed E-state index contributed by atoms with van der Waals surface area (Å²) in [5, 5.41) is 3.41. The predicted octanol–water partition coefficient (Wildman–Crippen LogP) is 2.22. The van der Waals surface area contributed by atoms with Crippen LogP contribution in [0, 0.1) is 11.2 Å². The van der Waals surface area contributed by atoms with Gasteiger partial charge in [0, 0.05) is 36.3 Å². The predicted molar refractivity (Wildman–Crippen MR) is 73.2 cm³/mol. The van der Waals surface area contributed by atoms with Crippen LogP contribution < -0.4 is 10.2 Å². The van der Waals surface area contributed by atoms with Crippen LogP contribution in [-0.4, -0.2) is 32.0 Å². The molecule has 3 nitrogen and oxygen atoms in total. The van der Waals surface area contributed by atoms with Crippen molar-refractivity contribution in [2.24, 2.45) is 5.41 Å². The van der Waals surface area contributed by atoms with Gasteiger partial charge in [-0.15, -0.1) is 0 Å². The summed E-state index contributed by atoms with van der Waals surface area (Å²) >= 11 is 0. The Bertz CT molecular complexity index is 509. The Morgan fingerprint density at radius 1 is 1.37 bits per heavy atom. The molecule has 1 aromatic carbocycles. The molecule has 0 aliphatic carbocycles. The van der Waals surface area contributed by atoms with E-state index in [2.05, 4.69) is 10.2 Å². The number of benzene rings is 1. The maximum absolute atomic E-state index is 13.6. The van der Waals surface area contributed by atoms with Crippen molar-refractivity contribution in [3.05, 3.63) is 29.6 Å². The second-order valence-corrected chi connectivity index (χ2v) is 5.85. The van der Waals surface area contributed by atoms with Gasteiger partial charge in [0.15, 0.2) is 5.78 Å². The number of hydrogen-bond donors (Lipinski definition) is 1. The lowest BCUT2D eigenvalue weighted by Gasteiger charge is -2.24. The Labute approximate surface area is 112 Å². The first-order valence-corrected chi connectivity index (χ1v) is 6.85. The topological polar surface area (TPSA) is 32.3 Å². The van der Waals surface area contributed by atoms with Crippen molar-refractivity contribution in [2.75, 3.05) is 31.1 Å². The molecule has 2 heterocycles. The zero-order valence-electron chi connectivity index (χ0n) is 11.2. The van der Waals surface area contributed by atoms with Crippen LogP contribution in [0.1, 0.15) is 30.1 Å². The average Bonchev–Trinajstić information content (AvgIpc) is 3.00. The molecular weight excluding hydrogens is 243 g/mol.